The van der Waals surface area contributed by atoms with Gasteiger partial charge in [0.25, 0.3) is 0 Å². The molecule has 0 aromatic carbocycles. The quantitative estimate of drug-likeness (QED) is 0.402. The van der Waals surface area contributed by atoms with Crippen LogP contribution in [-0.4, -0.2) is 24.6 Å². The Kier molecular flexibility index (Phi) is 8.37. The van der Waals surface area contributed by atoms with Crippen LogP contribution in [0.15, 0.2) is 11.8 Å². The Morgan fingerprint density at radius 2 is 2.20 bits per heavy atom. The Bertz CT molecular complexity index is 131. The molecule has 4 heteroatoms. The molecule has 0 heterocycles. The summed E-state index contributed by atoms with van der Waals surface area (Å²) in [5.41, 5.74) is 0. The molecule has 0 bridgehead atoms. The van der Waals surface area contributed by atoms with Crippen molar-refractivity contribution in [1.29, 1.82) is 0 Å². The second-order valence-electron chi connectivity index (χ2n) is 1.68. The number of hydrogen-bond donors (Lipinski definition) is 1. The van der Waals surface area contributed by atoms with Crippen LogP contribution in [0.2, 0.25) is 0 Å². The van der Waals surface area contributed by atoms with E-state index in [1.54, 1.807) is 0 Å². The fourth-order valence-electron chi connectivity index (χ4n) is 0.424. The maximum Gasteiger partial charge on any atom is 0.156 e. The van der Waals surface area contributed by atoms with Crippen molar-refractivity contribution in [2.75, 3.05) is 13.7 Å². The molecule has 0 aliphatic rings. The van der Waals surface area contributed by atoms with Crippen LogP contribution in [-0.2, 0) is 26.0 Å². The van der Waals surface area contributed by atoms with Gasteiger partial charge in [0.05, 0.1) is 0 Å². The Morgan fingerprint density at radius 3 is 2.50 bits per heavy atom. The molecule has 0 aromatic rings. The third-order valence-electron chi connectivity index (χ3n) is 0.662. The van der Waals surface area contributed by atoms with Crippen molar-refractivity contribution in [2.45, 2.75) is 6.92 Å². The zero-order valence-corrected chi connectivity index (χ0v) is 6.85. The first kappa shape index (κ1) is 12.4. The number of ketones is 1. The normalized spacial score (nSPS) is 10.4. The van der Waals surface area contributed by atoms with E-state index in [1.165, 1.54) is 14.0 Å². The predicted molar refractivity (Wildman–Crippen MR) is 33.3 cm³/mol. The summed E-state index contributed by atoms with van der Waals surface area (Å²) in [6.45, 7) is 1.46. The van der Waals surface area contributed by atoms with Crippen molar-refractivity contribution in [2.24, 2.45) is 0 Å². The maximum absolute atomic E-state index is 10.2. The average molecular weight is 189 g/mol. The van der Waals surface area contributed by atoms with Crippen molar-refractivity contribution in [3.8, 4) is 0 Å². The van der Waals surface area contributed by atoms with Gasteiger partial charge >= 0.3 is 0 Å². The molecule has 10 heavy (non-hydrogen) atoms. The van der Waals surface area contributed by atoms with E-state index in [0.29, 0.717) is 0 Å². The van der Waals surface area contributed by atoms with Gasteiger partial charge in [-0.15, -0.1) is 0 Å². The average Bonchev–Trinajstić information content (AvgIpc) is 1.63. The number of methoxy groups -OCH3 is 1. The van der Waals surface area contributed by atoms with Gasteiger partial charge in [-0.3, -0.25) is 4.79 Å². The fraction of sp³-hybridized carbons (Fsp3) is 0.500. The van der Waals surface area contributed by atoms with Gasteiger partial charge in [-0.1, -0.05) is 0 Å². The van der Waals surface area contributed by atoms with Gasteiger partial charge in [-0.05, 0) is 6.92 Å². The van der Waals surface area contributed by atoms with Crippen LogP contribution in [0.4, 0.5) is 0 Å². The zero-order chi connectivity index (χ0) is 7.28. The number of carbonyl (C=O) groups is 1. The van der Waals surface area contributed by atoms with E-state index in [2.05, 4.69) is 4.74 Å². The van der Waals surface area contributed by atoms with Gasteiger partial charge in [0.1, 0.15) is 12.4 Å². The summed E-state index contributed by atoms with van der Waals surface area (Å²) in [4.78, 5) is 10.2. The van der Waals surface area contributed by atoms with Crippen molar-refractivity contribution >= 4 is 5.78 Å². The molecular weight excluding hydrogens is 179 g/mol. The number of rotatable bonds is 3. The molecule has 62 valence electrons. The molecule has 0 fully saturated rings. The van der Waals surface area contributed by atoms with Crippen molar-refractivity contribution in [1.82, 2.24) is 0 Å². The van der Waals surface area contributed by atoms with E-state index < -0.39 is 0 Å². The molecule has 0 rings (SSSR count). The zero-order valence-electron chi connectivity index (χ0n) is 5.86. The van der Waals surface area contributed by atoms with Gasteiger partial charge < -0.3 is 9.84 Å². The third kappa shape index (κ3) is 7.66. The summed E-state index contributed by atoms with van der Waals surface area (Å²) in [6, 6.07) is 0. The Hall–Kier alpha value is -0.336. The second-order valence-corrected chi connectivity index (χ2v) is 1.68. The fourth-order valence-corrected chi connectivity index (χ4v) is 0.424. The Balaban J connectivity index is 0. The van der Waals surface area contributed by atoms with Crippen molar-refractivity contribution in [3.63, 3.8) is 0 Å². The molecular formula is C6H10NiO3. The minimum Gasteiger partial charge on any atom is -0.510 e. The molecule has 0 unspecified atom stereocenters. The molecule has 0 aromatic heterocycles. The monoisotopic (exact) mass is 188 g/mol. The Labute approximate surface area is 70.0 Å². The summed E-state index contributed by atoms with van der Waals surface area (Å²) < 4.78 is 4.53. The number of hydrogen-bond acceptors (Lipinski definition) is 3. The molecule has 0 amide bonds. The van der Waals surface area contributed by atoms with Crippen LogP contribution in [0.3, 0.4) is 0 Å². The van der Waals surface area contributed by atoms with Crippen LogP contribution in [0.25, 0.3) is 0 Å². The standard InChI is InChI=1S/C6H10O3.Ni/c1-5(7)3-6(8)4-9-2;/h3,8H,4H2,1-2H3;/b6-3-;. The molecule has 0 saturated heterocycles. The summed E-state index contributed by atoms with van der Waals surface area (Å²) in [7, 11) is 1.45. The van der Waals surface area contributed by atoms with Crippen LogP contribution >= 0.6 is 0 Å². The summed E-state index contributed by atoms with van der Waals surface area (Å²) >= 11 is 0. The molecule has 1 N–H and O–H groups in total. The first-order valence-corrected chi connectivity index (χ1v) is 2.56. The smallest absolute Gasteiger partial charge is 0.156 e. The van der Waals surface area contributed by atoms with Crippen LogP contribution in [0.1, 0.15) is 6.92 Å². The molecule has 0 aliphatic heterocycles. The van der Waals surface area contributed by atoms with Crippen LogP contribution < -0.4 is 0 Å². The molecule has 0 atom stereocenters. The third-order valence-corrected chi connectivity index (χ3v) is 0.662. The largest absolute Gasteiger partial charge is 0.510 e. The second kappa shape index (κ2) is 6.78. The predicted octanol–water partition coefficient (Wildman–Crippen LogP) is 0.661. The minimum absolute atomic E-state index is 0. The minimum atomic E-state index is -0.176. The van der Waals surface area contributed by atoms with E-state index in [-0.39, 0.29) is 34.6 Å². The van der Waals surface area contributed by atoms with Crippen molar-refractivity contribution < 1.29 is 31.1 Å². The van der Waals surface area contributed by atoms with Gasteiger partial charge in [-0.25, -0.2) is 0 Å². The number of ether oxygens (including phenoxy) is 1. The van der Waals surface area contributed by atoms with E-state index in [4.69, 9.17) is 5.11 Å². The molecule has 0 radical (unpaired) electrons. The number of carbonyl (C=O) groups excluding carboxylic acids is 1. The molecule has 0 aliphatic carbocycles. The summed E-state index contributed by atoms with van der Waals surface area (Å²) in [6.07, 6.45) is 1.13. The number of aliphatic hydroxyl groups excluding tert-OH is 1. The summed E-state index contributed by atoms with van der Waals surface area (Å²) in [5, 5.41) is 8.73. The van der Waals surface area contributed by atoms with E-state index in [9.17, 15) is 4.79 Å². The van der Waals surface area contributed by atoms with Crippen molar-refractivity contribution in [3.05, 3.63) is 11.8 Å². The van der Waals surface area contributed by atoms with Gasteiger partial charge in [0.2, 0.25) is 0 Å². The van der Waals surface area contributed by atoms with E-state index >= 15 is 0 Å². The number of aliphatic hydroxyl groups is 1. The first-order chi connectivity index (χ1) is 4.16. The molecule has 0 saturated carbocycles. The first-order valence-electron chi connectivity index (χ1n) is 2.56. The maximum atomic E-state index is 10.2. The Morgan fingerprint density at radius 1 is 1.70 bits per heavy atom. The molecule has 0 spiro atoms. The van der Waals surface area contributed by atoms with E-state index in [0.717, 1.165) is 6.08 Å². The van der Waals surface area contributed by atoms with Gasteiger partial charge in [-0.2, -0.15) is 0 Å². The topological polar surface area (TPSA) is 46.5 Å². The van der Waals surface area contributed by atoms with Crippen LogP contribution in [0.5, 0.6) is 0 Å². The number of allylic oxidation sites excluding steroid dienone is 1. The SMILES string of the molecule is COC/C(O)=C/C(C)=O.[Ni]. The van der Waals surface area contributed by atoms with Gasteiger partial charge in [0.15, 0.2) is 5.78 Å². The molecule has 3 nitrogen and oxygen atoms in total. The van der Waals surface area contributed by atoms with Gasteiger partial charge in [0, 0.05) is 29.7 Å². The summed E-state index contributed by atoms with van der Waals surface area (Å²) in [5.74, 6) is -0.213. The van der Waals surface area contributed by atoms with E-state index in [1.807, 2.05) is 0 Å². The van der Waals surface area contributed by atoms with Crippen LogP contribution in [0, 0.1) is 0 Å².